The average Bonchev–Trinajstić information content (AvgIpc) is 2.84. The third-order valence-corrected chi connectivity index (χ3v) is 5.28. The van der Waals surface area contributed by atoms with E-state index >= 15 is 0 Å². The SMILES string of the molecule is CCCCc1ccc(C#Cc2ccc(/C(F)=C(\F)c3cc(F)c(F)c(F)c3)cc2CC)cc1. The molecule has 0 atom stereocenters. The fourth-order valence-corrected chi connectivity index (χ4v) is 3.36. The molecule has 0 radical (unpaired) electrons. The van der Waals surface area contributed by atoms with Gasteiger partial charge in [0.05, 0.1) is 0 Å². The van der Waals surface area contributed by atoms with Gasteiger partial charge in [-0.25, -0.2) is 22.0 Å². The van der Waals surface area contributed by atoms with Crippen LogP contribution in [-0.4, -0.2) is 0 Å². The quantitative estimate of drug-likeness (QED) is 0.152. The Kier molecular flexibility index (Phi) is 8.06. The Bertz CT molecular complexity index is 1200. The summed E-state index contributed by atoms with van der Waals surface area (Å²) in [4.78, 5) is 0. The van der Waals surface area contributed by atoms with Crippen molar-refractivity contribution >= 4 is 11.7 Å². The van der Waals surface area contributed by atoms with Gasteiger partial charge >= 0.3 is 0 Å². The van der Waals surface area contributed by atoms with E-state index in [0.29, 0.717) is 29.7 Å². The van der Waals surface area contributed by atoms with Gasteiger partial charge in [0.2, 0.25) is 0 Å². The standard InChI is InChI=1S/C28H23F5/c1-3-5-6-18-7-9-19(10-8-18)11-12-21-13-14-22(15-20(21)4-2)26(31)27(32)23-16-24(29)28(33)25(30)17-23/h7-10,13-17H,3-6H2,1-2H3/b27-26+. The van der Waals surface area contributed by atoms with Crippen LogP contribution >= 0.6 is 0 Å². The third kappa shape index (κ3) is 5.90. The summed E-state index contributed by atoms with van der Waals surface area (Å²) in [5, 5.41) is 0. The molecule has 3 aromatic carbocycles. The average molecular weight is 454 g/mol. The number of benzene rings is 3. The summed E-state index contributed by atoms with van der Waals surface area (Å²) in [5.41, 5.74) is 2.65. The van der Waals surface area contributed by atoms with E-state index in [1.54, 1.807) is 6.07 Å². The van der Waals surface area contributed by atoms with Gasteiger partial charge < -0.3 is 0 Å². The van der Waals surface area contributed by atoms with Crippen molar-refractivity contribution in [1.29, 1.82) is 0 Å². The minimum Gasteiger partial charge on any atom is -0.204 e. The molecule has 0 aliphatic carbocycles. The lowest BCUT2D eigenvalue weighted by molar-refractivity contribution is 0.446. The Morgan fingerprint density at radius 3 is 2.00 bits per heavy atom. The highest BCUT2D eigenvalue weighted by molar-refractivity contribution is 5.83. The van der Waals surface area contributed by atoms with Gasteiger partial charge in [-0.15, -0.1) is 0 Å². The molecule has 0 saturated carbocycles. The zero-order valence-electron chi connectivity index (χ0n) is 18.4. The smallest absolute Gasteiger partial charge is 0.194 e. The maximum Gasteiger partial charge on any atom is 0.194 e. The third-order valence-electron chi connectivity index (χ3n) is 5.28. The molecule has 0 nitrogen and oxygen atoms in total. The van der Waals surface area contributed by atoms with Crippen LogP contribution in [0.3, 0.4) is 0 Å². The number of rotatable bonds is 6. The van der Waals surface area contributed by atoms with Crippen LogP contribution in [-0.2, 0) is 12.8 Å². The second-order valence-electron chi connectivity index (χ2n) is 7.66. The Morgan fingerprint density at radius 2 is 1.39 bits per heavy atom. The summed E-state index contributed by atoms with van der Waals surface area (Å²) in [6, 6.07) is 13.2. The first-order valence-corrected chi connectivity index (χ1v) is 10.8. The van der Waals surface area contributed by atoms with Crippen molar-refractivity contribution in [3.8, 4) is 11.8 Å². The first-order valence-electron chi connectivity index (χ1n) is 10.8. The molecule has 170 valence electrons. The van der Waals surface area contributed by atoms with Crippen LogP contribution in [0.4, 0.5) is 22.0 Å². The zero-order chi connectivity index (χ0) is 24.0. The summed E-state index contributed by atoms with van der Waals surface area (Å²) in [6.45, 7) is 4.00. The van der Waals surface area contributed by atoms with E-state index in [1.807, 2.05) is 31.2 Å². The van der Waals surface area contributed by atoms with E-state index in [-0.39, 0.29) is 5.56 Å². The second kappa shape index (κ2) is 11.0. The molecular weight excluding hydrogens is 431 g/mol. The molecule has 0 bridgehead atoms. The van der Waals surface area contributed by atoms with Crippen molar-refractivity contribution < 1.29 is 22.0 Å². The first-order chi connectivity index (χ1) is 15.8. The lowest BCUT2D eigenvalue weighted by Gasteiger charge is -2.07. The number of halogens is 5. The molecule has 33 heavy (non-hydrogen) atoms. The summed E-state index contributed by atoms with van der Waals surface area (Å²) in [5.74, 6) is -1.54. The van der Waals surface area contributed by atoms with Crippen molar-refractivity contribution in [3.63, 3.8) is 0 Å². The normalized spacial score (nSPS) is 11.6. The van der Waals surface area contributed by atoms with Crippen molar-refractivity contribution in [2.45, 2.75) is 39.5 Å². The Balaban J connectivity index is 1.88. The zero-order valence-corrected chi connectivity index (χ0v) is 18.4. The number of hydrogen-bond donors (Lipinski definition) is 0. The molecule has 0 aliphatic rings. The van der Waals surface area contributed by atoms with Gasteiger partial charge in [0.1, 0.15) is 0 Å². The Labute approximate surface area is 190 Å². The van der Waals surface area contributed by atoms with E-state index in [9.17, 15) is 22.0 Å². The fraction of sp³-hybridized carbons (Fsp3) is 0.214. The van der Waals surface area contributed by atoms with E-state index in [0.717, 1.165) is 24.8 Å². The highest BCUT2D eigenvalue weighted by Crippen LogP contribution is 2.31. The molecule has 3 rings (SSSR count). The van der Waals surface area contributed by atoms with Crippen LogP contribution in [0.5, 0.6) is 0 Å². The van der Waals surface area contributed by atoms with Crippen LogP contribution in [0, 0.1) is 29.3 Å². The van der Waals surface area contributed by atoms with Gasteiger partial charge in [0, 0.05) is 22.3 Å². The topological polar surface area (TPSA) is 0 Å². The molecule has 0 fully saturated rings. The first kappa shape index (κ1) is 24.3. The summed E-state index contributed by atoms with van der Waals surface area (Å²) in [7, 11) is 0. The maximum absolute atomic E-state index is 14.7. The second-order valence-corrected chi connectivity index (χ2v) is 7.66. The number of aryl methyl sites for hydroxylation is 2. The van der Waals surface area contributed by atoms with Gasteiger partial charge in [0.15, 0.2) is 29.1 Å². The fourth-order valence-electron chi connectivity index (χ4n) is 3.36. The van der Waals surface area contributed by atoms with Crippen LogP contribution in [0.2, 0.25) is 0 Å². The highest BCUT2D eigenvalue weighted by Gasteiger charge is 2.17. The molecule has 0 amide bonds. The van der Waals surface area contributed by atoms with Crippen LogP contribution < -0.4 is 0 Å². The van der Waals surface area contributed by atoms with E-state index < -0.39 is 34.7 Å². The van der Waals surface area contributed by atoms with Crippen LogP contribution in [0.1, 0.15) is 60.1 Å². The Hall–Kier alpha value is -3.39. The van der Waals surface area contributed by atoms with Crippen molar-refractivity contribution in [1.82, 2.24) is 0 Å². The predicted molar refractivity (Wildman–Crippen MR) is 122 cm³/mol. The molecule has 0 spiro atoms. The van der Waals surface area contributed by atoms with Crippen LogP contribution in [0.15, 0.2) is 54.6 Å². The summed E-state index contributed by atoms with van der Waals surface area (Å²) < 4.78 is 69.2. The van der Waals surface area contributed by atoms with Crippen LogP contribution in [0.25, 0.3) is 11.7 Å². The molecular formula is C28H23F5. The highest BCUT2D eigenvalue weighted by atomic mass is 19.2. The maximum atomic E-state index is 14.7. The monoisotopic (exact) mass is 454 g/mol. The van der Waals surface area contributed by atoms with E-state index in [1.165, 1.54) is 17.7 Å². The molecule has 0 unspecified atom stereocenters. The molecule has 3 aromatic rings. The van der Waals surface area contributed by atoms with E-state index in [4.69, 9.17) is 0 Å². The summed E-state index contributed by atoms with van der Waals surface area (Å²) in [6.07, 6.45) is 3.81. The van der Waals surface area contributed by atoms with Crippen molar-refractivity contribution in [2.75, 3.05) is 0 Å². The minimum atomic E-state index is -1.74. The minimum absolute atomic E-state index is 0.0969. The largest absolute Gasteiger partial charge is 0.204 e. The van der Waals surface area contributed by atoms with Gasteiger partial charge in [-0.1, -0.05) is 50.3 Å². The van der Waals surface area contributed by atoms with E-state index in [2.05, 4.69) is 18.8 Å². The van der Waals surface area contributed by atoms with Gasteiger partial charge in [-0.2, -0.15) is 0 Å². The molecule has 0 saturated heterocycles. The van der Waals surface area contributed by atoms with Crippen molar-refractivity contribution in [2.24, 2.45) is 0 Å². The Morgan fingerprint density at radius 1 is 0.758 bits per heavy atom. The lowest BCUT2D eigenvalue weighted by Crippen LogP contribution is -1.95. The van der Waals surface area contributed by atoms with Gasteiger partial charge in [0.25, 0.3) is 0 Å². The summed E-state index contributed by atoms with van der Waals surface area (Å²) >= 11 is 0. The molecule has 0 N–H and O–H groups in total. The lowest BCUT2D eigenvalue weighted by atomic mass is 10.00. The number of unbranched alkanes of at least 4 members (excludes halogenated alkanes) is 1. The van der Waals surface area contributed by atoms with Crippen molar-refractivity contribution in [3.05, 3.63) is 105 Å². The number of hydrogen-bond acceptors (Lipinski definition) is 0. The predicted octanol–water partition coefficient (Wildman–Crippen LogP) is 8.17. The molecule has 0 heterocycles. The van der Waals surface area contributed by atoms with Gasteiger partial charge in [-0.05, 0) is 66.8 Å². The molecule has 0 aromatic heterocycles. The van der Waals surface area contributed by atoms with Gasteiger partial charge in [-0.3, -0.25) is 0 Å². The molecule has 5 heteroatoms. The molecule has 0 aliphatic heterocycles.